The normalized spacial score (nSPS) is 10.6. The Balaban J connectivity index is 0. The molecule has 0 saturated heterocycles. The molecule has 0 saturated carbocycles. The molecule has 1 N–H and O–H groups in total. The van der Waals surface area contributed by atoms with Gasteiger partial charge in [-0.2, -0.15) is 8.42 Å². The quantitative estimate of drug-likeness (QED) is 0.500. The molecule has 0 aliphatic rings. The molecule has 0 spiro atoms. The SMILES string of the molecule is CC=CS(=O)(=O)O.FB(F)F. The first-order valence-corrected chi connectivity index (χ1v) is 3.82. The molecule has 11 heavy (non-hydrogen) atoms. The number of allylic oxidation sites excluding steroid dienone is 1. The van der Waals surface area contributed by atoms with Gasteiger partial charge in [0.05, 0.1) is 5.41 Å². The van der Waals surface area contributed by atoms with Gasteiger partial charge in [-0.05, 0) is 6.92 Å². The molecule has 0 heterocycles. The van der Waals surface area contributed by atoms with Crippen LogP contribution in [0.15, 0.2) is 11.5 Å². The molecule has 0 aromatic rings. The predicted molar refractivity (Wildman–Crippen MR) is 35.4 cm³/mol. The lowest BCUT2D eigenvalue weighted by atomic mass is 10.5. The summed E-state index contributed by atoms with van der Waals surface area (Å²) in [6, 6.07) is 0. The molecule has 0 aliphatic heterocycles. The summed E-state index contributed by atoms with van der Waals surface area (Å²) in [5, 5.41) is 0.715. The summed E-state index contributed by atoms with van der Waals surface area (Å²) < 4.78 is 56.3. The van der Waals surface area contributed by atoms with Crippen molar-refractivity contribution in [2.75, 3.05) is 0 Å². The first-order valence-electron chi connectivity index (χ1n) is 2.32. The molecular weight excluding hydrogens is 184 g/mol. The second-order valence-corrected chi connectivity index (χ2v) is 2.53. The minimum Gasteiger partial charge on any atom is -0.282 e. The lowest BCUT2D eigenvalue weighted by molar-refractivity contribution is 0.494. The van der Waals surface area contributed by atoms with E-state index in [0.29, 0.717) is 5.41 Å². The number of halogens is 3. The van der Waals surface area contributed by atoms with Gasteiger partial charge in [0.25, 0.3) is 10.1 Å². The zero-order valence-corrected chi connectivity index (χ0v) is 6.35. The summed E-state index contributed by atoms with van der Waals surface area (Å²) in [4.78, 5) is 0. The fourth-order valence-corrected chi connectivity index (χ4v) is 0.516. The van der Waals surface area contributed by atoms with Gasteiger partial charge in [-0.25, -0.2) is 0 Å². The summed E-state index contributed by atoms with van der Waals surface area (Å²) in [5.41, 5.74) is 0. The molecule has 0 aromatic heterocycles. The van der Waals surface area contributed by atoms with E-state index >= 15 is 0 Å². The summed E-state index contributed by atoms with van der Waals surface area (Å²) >= 11 is 0. The third-order valence-corrected chi connectivity index (χ3v) is 0.924. The van der Waals surface area contributed by atoms with Gasteiger partial charge < -0.3 is 0 Å². The highest BCUT2D eigenvalue weighted by Gasteiger charge is 2.06. The van der Waals surface area contributed by atoms with Gasteiger partial charge in [-0.3, -0.25) is 17.5 Å². The second kappa shape index (κ2) is 6.23. The molecule has 0 radical (unpaired) electrons. The first kappa shape index (κ1) is 13.1. The maximum absolute atomic E-state index is 9.70. The van der Waals surface area contributed by atoms with Crippen LogP contribution in [-0.4, -0.2) is 20.5 Å². The zero-order chi connectivity index (χ0) is 9.49. The Hall–Kier alpha value is -0.495. The Morgan fingerprint density at radius 2 is 1.64 bits per heavy atom. The highest BCUT2D eigenvalue weighted by molar-refractivity contribution is 7.88. The number of rotatable bonds is 1. The van der Waals surface area contributed by atoms with E-state index in [-0.39, 0.29) is 0 Å². The van der Waals surface area contributed by atoms with E-state index in [1.165, 1.54) is 13.0 Å². The molecular formula is C3H6BF3O3S. The Kier molecular flexibility index (Phi) is 7.43. The van der Waals surface area contributed by atoms with Crippen LogP contribution in [-0.2, 0) is 10.1 Å². The second-order valence-electron chi connectivity index (χ2n) is 1.23. The van der Waals surface area contributed by atoms with E-state index in [9.17, 15) is 21.4 Å². The van der Waals surface area contributed by atoms with E-state index in [4.69, 9.17) is 4.55 Å². The standard InChI is InChI=1S/C3H6O3S.BF3/c1-2-3-7(4,5)6;2-1(3)4/h2-3H,1H3,(H,4,5,6);. The summed E-state index contributed by atoms with van der Waals surface area (Å²) in [6.45, 7) is 1.51. The predicted octanol–water partition coefficient (Wildman–Crippen LogP) is 1.29. The van der Waals surface area contributed by atoms with Crippen LogP contribution < -0.4 is 0 Å². The van der Waals surface area contributed by atoms with E-state index < -0.39 is 17.7 Å². The van der Waals surface area contributed by atoms with E-state index in [1.807, 2.05) is 0 Å². The zero-order valence-electron chi connectivity index (χ0n) is 5.54. The maximum atomic E-state index is 9.70. The van der Waals surface area contributed by atoms with Gasteiger partial charge in [0, 0.05) is 0 Å². The summed E-state index contributed by atoms with van der Waals surface area (Å²) in [5.74, 6) is 0. The summed E-state index contributed by atoms with van der Waals surface area (Å²) in [6.07, 6.45) is 1.25. The smallest absolute Gasteiger partial charge is 0.282 e. The average Bonchev–Trinajstić information content (AvgIpc) is 1.58. The van der Waals surface area contributed by atoms with Crippen molar-refractivity contribution in [2.24, 2.45) is 0 Å². The third-order valence-electron chi connectivity index (χ3n) is 0.308. The lowest BCUT2D eigenvalue weighted by Crippen LogP contribution is -1.87. The van der Waals surface area contributed by atoms with Gasteiger partial charge >= 0.3 is 7.54 Å². The maximum Gasteiger partial charge on any atom is 0.762 e. The third kappa shape index (κ3) is 43.6. The fraction of sp³-hybridized carbons (Fsp3) is 0.333. The number of hydrogen-bond donors (Lipinski definition) is 1. The van der Waals surface area contributed by atoms with Gasteiger partial charge in [0.1, 0.15) is 0 Å². The van der Waals surface area contributed by atoms with Gasteiger partial charge in [0.15, 0.2) is 0 Å². The summed E-state index contributed by atoms with van der Waals surface area (Å²) in [7, 11) is -7.52. The largest absolute Gasteiger partial charge is 0.762 e. The van der Waals surface area contributed by atoms with E-state index in [2.05, 4.69) is 0 Å². The molecule has 8 heteroatoms. The molecule has 0 aliphatic carbocycles. The van der Waals surface area contributed by atoms with Gasteiger partial charge in [-0.15, -0.1) is 0 Å². The van der Waals surface area contributed by atoms with Crippen molar-refractivity contribution in [3.63, 3.8) is 0 Å². The van der Waals surface area contributed by atoms with Crippen LogP contribution in [0.2, 0.25) is 0 Å². The minimum atomic E-state index is -3.85. The highest BCUT2D eigenvalue weighted by Crippen LogP contribution is 1.81. The van der Waals surface area contributed by atoms with Crippen molar-refractivity contribution < 1.29 is 25.9 Å². The van der Waals surface area contributed by atoms with Crippen LogP contribution in [0.4, 0.5) is 12.9 Å². The van der Waals surface area contributed by atoms with Gasteiger partial charge in [0.2, 0.25) is 0 Å². The van der Waals surface area contributed by atoms with E-state index in [1.54, 1.807) is 0 Å². The van der Waals surface area contributed by atoms with Crippen LogP contribution in [0.25, 0.3) is 0 Å². The monoisotopic (exact) mass is 190 g/mol. The minimum absolute atomic E-state index is 0.715. The van der Waals surface area contributed by atoms with Crippen molar-refractivity contribution in [3.05, 3.63) is 11.5 Å². The average molecular weight is 190 g/mol. The highest BCUT2D eigenvalue weighted by atomic mass is 32.2. The molecule has 0 fully saturated rings. The lowest BCUT2D eigenvalue weighted by Gasteiger charge is -1.76. The van der Waals surface area contributed by atoms with Crippen molar-refractivity contribution in [2.45, 2.75) is 6.92 Å². The van der Waals surface area contributed by atoms with Crippen LogP contribution in [0.3, 0.4) is 0 Å². The Labute approximate surface area is 62.9 Å². The van der Waals surface area contributed by atoms with Crippen LogP contribution in [0.1, 0.15) is 6.92 Å². The molecule has 0 atom stereocenters. The molecule has 0 aromatic carbocycles. The van der Waals surface area contributed by atoms with Crippen LogP contribution in [0.5, 0.6) is 0 Å². The van der Waals surface area contributed by atoms with Crippen molar-refractivity contribution >= 4 is 17.7 Å². The molecule has 66 valence electrons. The Morgan fingerprint density at radius 1 is 1.36 bits per heavy atom. The Morgan fingerprint density at radius 3 is 1.64 bits per heavy atom. The van der Waals surface area contributed by atoms with Crippen molar-refractivity contribution in [1.82, 2.24) is 0 Å². The topological polar surface area (TPSA) is 54.4 Å². The van der Waals surface area contributed by atoms with Crippen molar-refractivity contribution in [3.8, 4) is 0 Å². The van der Waals surface area contributed by atoms with Crippen LogP contribution >= 0.6 is 0 Å². The van der Waals surface area contributed by atoms with Crippen LogP contribution in [0, 0.1) is 0 Å². The first-order chi connectivity index (χ1) is 4.79. The van der Waals surface area contributed by atoms with Crippen molar-refractivity contribution in [1.29, 1.82) is 0 Å². The van der Waals surface area contributed by atoms with Gasteiger partial charge in [-0.1, -0.05) is 6.08 Å². The fourth-order valence-electron chi connectivity index (χ4n) is 0.172. The number of hydrogen-bond acceptors (Lipinski definition) is 2. The Bertz CT molecular complexity index is 197. The molecule has 0 bridgehead atoms. The molecule has 3 nitrogen and oxygen atoms in total. The van der Waals surface area contributed by atoms with E-state index in [0.717, 1.165) is 0 Å². The molecule has 0 rings (SSSR count). The molecule has 0 unspecified atom stereocenters. The molecule has 0 amide bonds.